The Kier molecular flexibility index (Phi) is 12.6. The van der Waals surface area contributed by atoms with Crippen LogP contribution in [0.1, 0.15) is 65.5 Å². The van der Waals surface area contributed by atoms with Crippen molar-refractivity contribution in [3.63, 3.8) is 0 Å². The smallest absolute Gasteiger partial charge is 0.408 e. The van der Waals surface area contributed by atoms with Crippen molar-refractivity contribution < 1.29 is 34.3 Å². The Hall–Kier alpha value is -2.32. The lowest BCUT2D eigenvalue weighted by Crippen LogP contribution is -2.38. The zero-order valence-corrected chi connectivity index (χ0v) is 17.4. The maximum absolute atomic E-state index is 11.7. The average molecular weight is 399 g/mol. The summed E-state index contributed by atoms with van der Waals surface area (Å²) < 4.78 is 10.3. The standard InChI is InChI=1S/C15H21NO7.C5H12/c1-15(2,3)23-14(19)16-12(13(17)18)10-4-6-11(7-5-10)21-8-9-22-20;1-3-5-4-2/h4-7,12,20H,8-9H2,1-3H3,(H,16,19)(H,17,18);3-5H2,1-2H3. The molecule has 8 heteroatoms. The number of rotatable bonds is 9. The largest absolute Gasteiger partial charge is 0.491 e. The van der Waals surface area contributed by atoms with Gasteiger partial charge in [0.05, 0.1) is 0 Å². The number of nitrogens with one attached hydrogen (secondary N) is 1. The van der Waals surface area contributed by atoms with Crippen LogP contribution in [0.3, 0.4) is 0 Å². The molecule has 28 heavy (non-hydrogen) atoms. The fourth-order valence-corrected chi connectivity index (χ4v) is 2.02. The summed E-state index contributed by atoms with van der Waals surface area (Å²) in [7, 11) is 0. The van der Waals surface area contributed by atoms with Crippen LogP contribution in [0, 0.1) is 0 Å². The first-order chi connectivity index (χ1) is 13.1. The molecule has 1 amide bonds. The van der Waals surface area contributed by atoms with Gasteiger partial charge in [-0.05, 0) is 38.5 Å². The van der Waals surface area contributed by atoms with Crippen LogP contribution in [-0.2, 0) is 14.4 Å². The van der Waals surface area contributed by atoms with Gasteiger partial charge in [-0.1, -0.05) is 45.2 Å². The van der Waals surface area contributed by atoms with Gasteiger partial charge in [-0.2, -0.15) is 0 Å². The summed E-state index contributed by atoms with van der Waals surface area (Å²) >= 11 is 0. The van der Waals surface area contributed by atoms with Gasteiger partial charge in [0.2, 0.25) is 0 Å². The van der Waals surface area contributed by atoms with Gasteiger partial charge in [-0.15, -0.1) is 0 Å². The first-order valence-corrected chi connectivity index (χ1v) is 9.36. The number of unbranched alkanes of at least 4 members (excludes halogenated alkanes) is 2. The Morgan fingerprint density at radius 1 is 1.07 bits per heavy atom. The van der Waals surface area contributed by atoms with Crippen LogP contribution in [0.25, 0.3) is 0 Å². The second-order valence-corrected chi connectivity index (χ2v) is 7.02. The van der Waals surface area contributed by atoms with Gasteiger partial charge < -0.3 is 19.9 Å². The monoisotopic (exact) mass is 399 g/mol. The van der Waals surface area contributed by atoms with Gasteiger partial charge in [-0.25, -0.2) is 14.5 Å². The van der Waals surface area contributed by atoms with Crippen LogP contribution in [0.4, 0.5) is 4.79 Å². The van der Waals surface area contributed by atoms with E-state index < -0.39 is 23.7 Å². The Bertz CT molecular complexity index is 565. The lowest BCUT2D eigenvalue weighted by atomic mass is 10.1. The van der Waals surface area contributed by atoms with E-state index in [1.165, 1.54) is 31.4 Å². The van der Waals surface area contributed by atoms with Crippen molar-refractivity contribution >= 4 is 12.1 Å². The van der Waals surface area contributed by atoms with Crippen LogP contribution >= 0.6 is 0 Å². The number of ether oxygens (including phenoxy) is 2. The van der Waals surface area contributed by atoms with Crippen molar-refractivity contribution in [3.8, 4) is 5.75 Å². The number of carbonyl (C=O) groups excluding carboxylic acids is 1. The average Bonchev–Trinajstić information content (AvgIpc) is 2.60. The molecule has 8 nitrogen and oxygen atoms in total. The highest BCUT2D eigenvalue weighted by Crippen LogP contribution is 2.19. The number of carbonyl (C=O) groups is 2. The fourth-order valence-electron chi connectivity index (χ4n) is 2.02. The van der Waals surface area contributed by atoms with Gasteiger partial charge in [0.15, 0.2) is 6.04 Å². The Morgan fingerprint density at radius 3 is 2.04 bits per heavy atom. The van der Waals surface area contributed by atoms with Crippen LogP contribution < -0.4 is 10.1 Å². The first-order valence-electron chi connectivity index (χ1n) is 9.36. The maximum atomic E-state index is 11.7. The minimum Gasteiger partial charge on any atom is -0.491 e. The predicted molar refractivity (Wildman–Crippen MR) is 105 cm³/mol. The molecule has 0 heterocycles. The van der Waals surface area contributed by atoms with E-state index in [0.29, 0.717) is 11.3 Å². The molecule has 0 aliphatic carbocycles. The van der Waals surface area contributed by atoms with E-state index in [1.807, 2.05) is 0 Å². The molecule has 3 N–H and O–H groups in total. The lowest BCUT2D eigenvalue weighted by molar-refractivity contribution is -0.245. The molecule has 0 saturated heterocycles. The van der Waals surface area contributed by atoms with Crippen LogP contribution in [-0.4, -0.2) is 41.2 Å². The van der Waals surface area contributed by atoms with E-state index in [0.717, 1.165) is 0 Å². The molecule has 0 spiro atoms. The summed E-state index contributed by atoms with van der Waals surface area (Å²) in [5, 5.41) is 19.8. The van der Waals surface area contributed by atoms with Gasteiger partial charge in [-0.3, -0.25) is 5.26 Å². The minimum atomic E-state index is -1.24. The number of alkyl carbamates (subject to hydrolysis) is 1. The lowest BCUT2D eigenvalue weighted by Gasteiger charge is -2.22. The molecule has 160 valence electrons. The van der Waals surface area contributed by atoms with Crippen LogP contribution in [0.5, 0.6) is 5.75 Å². The second kappa shape index (κ2) is 13.8. The highest BCUT2D eigenvalue weighted by Gasteiger charge is 2.25. The highest BCUT2D eigenvalue weighted by atomic mass is 17.1. The van der Waals surface area contributed by atoms with E-state index in [-0.39, 0.29) is 13.2 Å². The van der Waals surface area contributed by atoms with Crippen LogP contribution in [0.2, 0.25) is 0 Å². The SMILES string of the molecule is CC(C)(C)OC(=O)NC(C(=O)O)c1ccc(OCCOO)cc1.CCCCC. The van der Waals surface area contributed by atoms with Gasteiger partial charge >= 0.3 is 12.1 Å². The Morgan fingerprint density at radius 2 is 1.64 bits per heavy atom. The Balaban J connectivity index is 0.00000129. The summed E-state index contributed by atoms with van der Waals surface area (Å²) in [6, 6.07) is 4.91. The molecule has 1 aromatic carbocycles. The van der Waals surface area contributed by atoms with Gasteiger partial charge in [0.25, 0.3) is 0 Å². The molecule has 1 rings (SSSR count). The highest BCUT2D eigenvalue weighted by molar-refractivity contribution is 5.81. The molecule has 0 radical (unpaired) electrons. The van der Waals surface area contributed by atoms with Crippen molar-refractivity contribution in [1.82, 2.24) is 5.32 Å². The summed E-state index contributed by atoms with van der Waals surface area (Å²) in [5.41, 5.74) is -0.353. The third-order valence-electron chi connectivity index (χ3n) is 3.27. The van der Waals surface area contributed by atoms with E-state index in [9.17, 15) is 14.7 Å². The molecular formula is C20H33NO7. The van der Waals surface area contributed by atoms with E-state index in [2.05, 4.69) is 24.1 Å². The van der Waals surface area contributed by atoms with Gasteiger partial charge in [0.1, 0.15) is 24.6 Å². The third kappa shape index (κ3) is 12.1. The van der Waals surface area contributed by atoms with E-state index >= 15 is 0 Å². The predicted octanol–water partition coefficient (Wildman–Crippen LogP) is 4.40. The molecule has 0 fully saturated rings. The minimum absolute atomic E-state index is 0.0136. The molecule has 0 aliphatic heterocycles. The second-order valence-electron chi connectivity index (χ2n) is 7.02. The number of aliphatic carboxylic acids is 1. The van der Waals surface area contributed by atoms with E-state index in [4.69, 9.17) is 14.7 Å². The van der Waals surface area contributed by atoms with Gasteiger partial charge in [0, 0.05) is 0 Å². The van der Waals surface area contributed by atoms with Crippen molar-refractivity contribution in [2.75, 3.05) is 13.2 Å². The summed E-state index contributed by atoms with van der Waals surface area (Å²) in [4.78, 5) is 27.0. The summed E-state index contributed by atoms with van der Waals surface area (Å²) in [6.07, 6.45) is 3.26. The molecular weight excluding hydrogens is 366 g/mol. The molecule has 0 saturated carbocycles. The molecule has 0 bridgehead atoms. The van der Waals surface area contributed by atoms with E-state index in [1.54, 1.807) is 32.9 Å². The van der Waals surface area contributed by atoms with Crippen molar-refractivity contribution in [2.24, 2.45) is 0 Å². The quantitative estimate of drug-likeness (QED) is 0.320. The van der Waals surface area contributed by atoms with Crippen LogP contribution in [0.15, 0.2) is 24.3 Å². The number of hydrogen-bond donors (Lipinski definition) is 3. The molecule has 1 aromatic rings. The third-order valence-corrected chi connectivity index (χ3v) is 3.27. The number of carboxylic acid groups (broad SMARTS) is 1. The first kappa shape index (κ1) is 25.7. The number of carboxylic acids is 1. The molecule has 1 unspecified atom stereocenters. The molecule has 1 atom stereocenters. The van der Waals surface area contributed by atoms with Crippen molar-refractivity contribution in [3.05, 3.63) is 29.8 Å². The number of amides is 1. The zero-order valence-electron chi connectivity index (χ0n) is 17.4. The topological polar surface area (TPSA) is 114 Å². The summed E-state index contributed by atoms with van der Waals surface area (Å²) in [6.45, 7) is 9.64. The van der Waals surface area contributed by atoms with Crippen molar-refractivity contribution in [2.45, 2.75) is 65.5 Å². The zero-order chi connectivity index (χ0) is 21.6. The molecule has 0 aromatic heterocycles. The normalized spacial score (nSPS) is 11.6. The fraction of sp³-hybridized carbons (Fsp3) is 0.600. The number of hydrogen-bond acceptors (Lipinski definition) is 6. The maximum Gasteiger partial charge on any atom is 0.408 e. The number of benzene rings is 1. The Labute approximate surface area is 166 Å². The molecule has 0 aliphatic rings. The van der Waals surface area contributed by atoms with Crippen molar-refractivity contribution in [1.29, 1.82) is 0 Å². The summed E-state index contributed by atoms with van der Waals surface area (Å²) in [5.74, 6) is -0.731.